The van der Waals surface area contributed by atoms with Gasteiger partial charge in [-0.3, -0.25) is 14.2 Å². The first-order valence-corrected chi connectivity index (χ1v) is 9.39. The number of rotatable bonds is 5. The van der Waals surface area contributed by atoms with Gasteiger partial charge in [-0.15, -0.1) is 0 Å². The first-order valence-electron chi connectivity index (χ1n) is 7.61. The molecule has 0 spiro atoms. The first kappa shape index (κ1) is 17.8. The topological polar surface area (TPSA) is 52.0 Å². The Morgan fingerprint density at radius 3 is 2.64 bits per heavy atom. The van der Waals surface area contributed by atoms with Gasteiger partial charge in [0.25, 0.3) is 5.56 Å². The number of nitrogens with zero attached hydrogens (tertiary/aromatic N) is 2. The molecular formula is C18H14BrFN2O2S. The minimum atomic E-state index is -0.383. The zero-order chi connectivity index (χ0) is 18.0. The predicted molar refractivity (Wildman–Crippen MR) is 101 cm³/mol. The summed E-state index contributed by atoms with van der Waals surface area (Å²) in [5, 5.41) is 1.03. The van der Waals surface area contributed by atoms with Crippen molar-refractivity contribution in [3.8, 4) is 0 Å². The summed E-state index contributed by atoms with van der Waals surface area (Å²) in [5.41, 5.74) is 0.893. The fourth-order valence-electron chi connectivity index (χ4n) is 2.41. The van der Waals surface area contributed by atoms with Gasteiger partial charge >= 0.3 is 0 Å². The summed E-state index contributed by atoms with van der Waals surface area (Å²) < 4.78 is 15.3. The smallest absolute Gasteiger partial charge is 0.262 e. The van der Waals surface area contributed by atoms with Gasteiger partial charge in [-0.1, -0.05) is 27.7 Å². The lowest BCUT2D eigenvalue weighted by molar-refractivity contribution is 0.102. The van der Waals surface area contributed by atoms with Crippen LogP contribution in [0.25, 0.3) is 10.9 Å². The average molecular weight is 421 g/mol. The fraction of sp³-hybridized carbons (Fsp3) is 0.167. The Morgan fingerprint density at radius 1 is 1.24 bits per heavy atom. The van der Waals surface area contributed by atoms with Crippen LogP contribution in [0.5, 0.6) is 0 Å². The molecule has 128 valence electrons. The van der Waals surface area contributed by atoms with Gasteiger partial charge in [0, 0.05) is 16.6 Å². The third-order valence-corrected chi connectivity index (χ3v) is 5.17. The molecule has 2 aromatic carbocycles. The molecule has 3 rings (SSSR count). The number of ketones is 1. The quantitative estimate of drug-likeness (QED) is 0.350. The SMILES string of the molecule is CCn1c(SCC(=O)c2ccc(F)cc2)nc2ccc(Br)cc2c1=O. The largest absolute Gasteiger partial charge is 0.293 e. The third-order valence-electron chi connectivity index (χ3n) is 3.70. The number of carbonyl (C=O) groups excluding carboxylic acids is 1. The Hall–Kier alpha value is -1.99. The molecule has 1 aromatic heterocycles. The number of aromatic nitrogens is 2. The molecule has 1 heterocycles. The maximum atomic E-state index is 13.0. The van der Waals surface area contributed by atoms with E-state index in [2.05, 4.69) is 20.9 Å². The van der Waals surface area contributed by atoms with E-state index >= 15 is 0 Å². The van der Waals surface area contributed by atoms with Crippen molar-refractivity contribution in [3.63, 3.8) is 0 Å². The van der Waals surface area contributed by atoms with Crippen LogP contribution < -0.4 is 5.56 Å². The second-order valence-corrected chi connectivity index (χ2v) is 7.18. The second kappa shape index (κ2) is 7.49. The van der Waals surface area contributed by atoms with Crippen molar-refractivity contribution in [3.05, 3.63) is 68.7 Å². The van der Waals surface area contributed by atoms with Crippen LogP contribution in [0.4, 0.5) is 4.39 Å². The number of halogens is 2. The van der Waals surface area contributed by atoms with Crippen LogP contribution in [0.15, 0.2) is 56.9 Å². The molecular weight excluding hydrogens is 407 g/mol. The minimum Gasteiger partial charge on any atom is -0.293 e. The fourth-order valence-corrected chi connectivity index (χ4v) is 3.73. The third kappa shape index (κ3) is 3.82. The molecule has 0 radical (unpaired) electrons. The molecule has 0 N–H and O–H groups in total. The zero-order valence-corrected chi connectivity index (χ0v) is 15.7. The summed E-state index contributed by atoms with van der Waals surface area (Å²) in [4.78, 5) is 29.4. The van der Waals surface area contributed by atoms with E-state index in [0.29, 0.717) is 28.2 Å². The van der Waals surface area contributed by atoms with E-state index in [1.165, 1.54) is 36.0 Å². The second-order valence-electron chi connectivity index (χ2n) is 5.32. The molecule has 25 heavy (non-hydrogen) atoms. The molecule has 0 unspecified atom stereocenters. The number of benzene rings is 2. The molecule has 0 amide bonds. The maximum Gasteiger partial charge on any atom is 0.262 e. The lowest BCUT2D eigenvalue weighted by atomic mass is 10.1. The molecule has 0 bridgehead atoms. The van der Waals surface area contributed by atoms with E-state index in [0.717, 1.165) is 4.47 Å². The Labute approximate surface area is 156 Å². The van der Waals surface area contributed by atoms with Crippen LogP contribution >= 0.6 is 27.7 Å². The maximum absolute atomic E-state index is 13.0. The molecule has 4 nitrogen and oxygen atoms in total. The Morgan fingerprint density at radius 2 is 1.96 bits per heavy atom. The molecule has 0 fully saturated rings. The lowest BCUT2D eigenvalue weighted by Gasteiger charge is -2.11. The van der Waals surface area contributed by atoms with Crippen molar-refractivity contribution >= 4 is 44.4 Å². The van der Waals surface area contributed by atoms with Gasteiger partial charge in [0.15, 0.2) is 10.9 Å². The molecule has 7 heteroatoms. The summed E-state index contributed by atoms with van der Waals surface area (Å²) in [6.07, 6.45) is 0. The monoisotopic (exact) mass is 420 g/mol. The highest BCUT2D eigenvalue weighted by Gasteiger charge is 2.13. The van der Waals surface area contributed by atoms with Gasteiger partial charge < -0.3 is 0 Å². The van der Waals surface area contributed by atoms with Crippen molar-refractivity contribution in [1.82, 2.24) is 9.55 Å². The lowest BCUT2D eigenvalue weighted by Crippen LogP contribution is -2.23. The van der Waals surface area contributed by atoms with E-state index in [1.54, 1.807) is 16.7 Å². The molecule has 0 aliphatic heterocycles. The highest BCUT2D eigenvalue weighted by Crippen LogP contribution is 2.21. The van der Waals surface area contributed by atoms with Gasteiger partial charge in [0.2, 0.25) is 0 Å². The first-order chi connectivity index (χ1) is 12.0. The predicted octanol–water partition coefficient (Wildman–Crippen LogP) is 4.29. The normalized spacial score (nSPS) is 11.0. The Bertz CT molecular complexity index is 1000. The van der Waals surface area contributed by atoms with Crippen molar-refractivity contribution in [2.45, 2.75) is 18.6 Å². The summed E-state index contributed by atoms with van der Waals surface area (Å²) >= 11 is 4.57. The van der Waals surface area contributed by atoms with E-state index in [1.807, 2.05) is 13.0 Å². The molecule has 0 aliphatic carbocycles. The van der Waals surface area contributed by atoms with Crippen molar-refractivity contribution in [2.75, 3.05) is 5.75 Å². The highest BCUT2D eigenvalue weighted by molar-refractivity contribution is 9.10. The minimum absolute atomic E-state index is 0.125. The van der Waals surface area contributed by atoms with Crippen molar-refractivity contribution in [2.24, 2.45) is 0 Å². The van der Waals surface area contributed by atoms with E-state index in [4.69, 9.17) is 0 Å². The van der Waals surface area contributed by atoms with E-state index < -0.39 is 0 Å². The van der Waals surface area contributed by atoms with Crippen LogP contribution in [0, 0.1) is 5.82 Å². The van der Waals surface area contributed by atoms with Crippen LogP contribution in [-0.4, -0.2) is 21.1 Å². The van der Waals surface area contributed by atoms with Crippen LogP contribution in [0.3, 0.4) is 0 Å². The standard InChI is InChI=1S/C18H14BrFN2O2S/c1-2-22-17(24)14-9-12(19)5-8-15(14)21-18(22)25-10-16(23)11-3-6-13(20)7-4-11/h3-9H,2,10H2,1H3. The summed E-state index contributed by atoms with van der Waals surface area (Å²) in [6.45, 7) is 2.32. The number of thioether (sulfide) groups is 1. The zero-order valence-electron chi connectivity index (χ0n) is 13.3. The average Bonchev–Trinajstić information content (AvgIpc) is 2.61. The van der Waals surface area contributed by atoms with Crippen LogP contribution in [-0.2, 0) is 6.54 Å². The van der Waals surface area contributed by atoms with Gasteiger partial charge in [0.1, 0.15) is 5.82 Å². The molecule has 0 saturated carbocycles. The van der Waals surface area contributed by atoms with Crippen molar-refractivity contribution < 1.29 is 9.18 Å². The Kier molecular flexibility index (Phi) is 5.34. The van der Waals surface area contributed by atoms with Crippen molar-refractivity contribution in [1.29, 1.82) is 0 Å². The number of hydrogen-bond acceptors (Lipinski definition) is 4. The number of Topliss-reactive ketones (excluding diaryl/α,β-unsaturated/α-hetero) is 1. The van der Waals surface area contributed by atoms with Gasteiger partial charge in [-0.2, -0.15) is 0 Å². The van der Waals surface area contributed by atoms with E-state index in [9.17, 15) is 14.0 Å². The van der Waals surface area contributed by atoms with E-state index in [-0.39, 0.29) is 22.9 Å². The van der Waals surface area contributed by atoms with Gasteiger partial charge in [-0.25, -0.2) is 9.37 Å². The Balaban J connectivity index is 1.90. The molecule has 3 aromatic rings. The number of hydrogen-bond donors (Lipinski definition) is 0. The van der Waals surface area contributed by atoms with Gasteiger partial charge in [-0.05, 0) is 49.4 Å². The van der Waals surface area contributed by atoms with Crippen LogP contribution in [0.2, 0.25) is 0 Å². The molecule has 0 atom stereocenters. The molecule has 0 aliphatic rings. The highest BCUT2D eigenvalue weighted by atomic mass is 79.9. The summed E-state index contributed by atoms with van der Waals surface area (Å²) in [6, 6.07) is 10.8. The summed E-state index contributed by atoms with van der Waals surface area (Å²) in [5.74, 6) is -0.399. The number of fused-ring (bicyclic) bond motifs is 1. The number of carbonyl (C=O) groups is 1. The molecule has 0 saturated heterocycles. The van der Waals surface area contributed by atoms with Crippen LogP contribution in [0.1, 0.15) is 17.3 Å². The summed E-state index contributed by atoms with van der Waals surface area (Å²) in [7, 11) is 0. The van der Waals surface area contributed by atoms with Gasteiger partial charge in [0.05, 0.1) is 16.7 Å².